The molecule has 0 unspecified atom stereocenters. The number of Topliss-reactive ketones (excluding diaryl/α,β-unsaturated/α-hetero) is 1. The SMILES string of the molecule is CCOC1(C(=O)c2cnccc2C(F)(F)F)CCCCC1. The van der Waals surface area contributed by atoms with Crippen LogP contribution < -0.4 is 0 Å². The molecule has 1 saturated carbocycles. The summed E-state index contributed by atoms with van der Waals surface area (Å²) in [6, 6.07) is 0.843. The molecule has 0 N–H and O–H groups in total. The molecule has 0 radical (unpaired) electrons. The van der Waals surface area contributed by atoms with Crippen LogP contribution in [0.3, 0.4) is 0 Å². The van der Waals surface area contributed by atoms with Crippen molar-refractivity contribution in [1.82, 2.24) is 4.98 Å². The van der Waals surface area contributed by atoms with Crippen LogP contribution in [0.4, 0.5) is 13.2 Å². The van der Waals surface area contributed by atoms with Crippen molar-refractivity contribution in [2.75, 3.05) is 6.61 Å². The Morgan fingerprint density at radius 3 is 2.57 bits per heavy atom. The number of carbonyl (C=O) groups is 1. The van der Waals surface area contributed by atoms with Crippen LogP contribution in [0.5, 0.6) is 0 Å². The molecule has 3 nitrogen and oxygen atoms in total. The fourth-order valence-corrected chi connectivity index (χ4v) is 2.90. The molecule has 0 aliphatic heterocycles. The zero-order valence-electron chi connectivity index (χ0n) is 11.9. The highest BCUT2D eigenvalue weighted by atomic mass is 19.4. The molecule has 1 aromatic rings. The van der Waals surface area contributed by atoms with E-state index in [1.807, 2.05) is 0 Å². The molecule has 0 bridgehead atoms. The van der Waals surface area contributed by atoms with E-state index < -0.39 is 23.1 Å². The lowest BCUT2D eigenvalue weighted by atomic mass is 9.78. The normalized spacial score (nSPS) is 18.5. The summed E-state index contributed by atoms with van der Waals surface area (Å²) in [5, 5.41) is 0. The maximum atomic E-state index is 13.1. The van der Waals surface area contributed by atoms with E-state index in [-0.39, 0.29) is 5.56 Å². The van der Waals surface area contributed by atoms with Crippen molar-refractivity contribution >= 4 is 5.78 Å². The van der Waals surface area contributed by atoms with Crippen LogP contribution in [0, 0.1) is 0 Å². The van der Waals surface area contributed by atoms with E-state index in [1.54, 1.807) is 6.92 Å². The Balaban J connectivity index is 2.42. The van der Waals surface area contributed by atoms with Gasteiger partial charge in [-0.05, 0) is 25.8 Å². The highest BCUT2D eigenvalue weighted by Crippen LogP contribution is 2.38. The molecule has 0 atom stereocenters. The van der Waals surface area contributed by atoms with E-state index in [1.165, 1.54) is 0 Å². The molecular formula is C15H18F3NO2. The summed E-state index contributed by atoms with van der Waals surface area (Å²) in [6.45, 7) is 2.05. The number of hydrogen-bond donors (Lipinski definition) is 0. The van der Waals surface area contributed by atoms with Crippen molar-refractivity contribution in [3.8, 4) is 0 Å². The number of alkyl halides is 3. The number of aromatic nitrogens is 1. The van der Waals surface area contributed by atoms with Crippen LogP contribution in [-0.4, -0.2) is 23.0 Å². The average Bonchev–Trinajstić information content (AvgIpc) is 2.47. The molecule has 0 saturated heterocycles. The van der Waals surface area contributed by atoms with E-state index in [0.29, 0.717) is 19.4 Å². The number of halogens is 3. The first kappa shape index (κ1) is 15.9. The minimum atomic E-state index is -4.57. The van der Waals surface area contributed by atoms with Crippen LogP contribution in [0.1, 0.15) is 54.9 Å². The lowest BCUT2D eigenvalue weighted by molar-refractivity contribution is -0.138. The lowest BCUT2D eigenvalue weighted by Crippen LogP contribution is -2.44. The molecule has 21 heavy (non-hydrogen) atoms. The molecule has 0 aromatic carbocycles. The lowest BCUT2D eigenvalue weighted by Gasteiger charge is -2.36. The number of pyridine rings is 1. The van der Waals surface area contributed by atoms with Crippen molar-refractivity contribution in [2.45, 2.75) is 50.8 Å². The van der Waals surface area contributed by atoms with Crippen LogP contribution in [0.25, 0.3) is 0 Å². The molecule has 1 fully saturated rings. The summed E-state index contributed by atoms with van der Waals surface area (Å²) in [4.78, 5) is 16.4. The largest absolute Gasteiger partial charge is 0.417 e. The highest BCUT2D eigenvalue weighted by molar-refractivity contribution is 6.03. The first-order chi connectivity index (χ1) is 9.91. The number of rotatable bonds is 4. The molecule has 0 amide bonds. The van der Waals surface area contributed by atoms with Crippen LogP contribution in [0.15, 0.2) is 18.5 Å². The predicted molar refractivity (Wildman–Crippen MR) is 71.0 cm³/mol. The summed E-state index contributed by atoms with van der Waals surface area (Å²) in [7, 11) is 0. The third-order valence-corrected chi connectivity index (χ3v) is 3.87. The topological polar surface area (TPSA) is 39.2 Å². The average molecular weight is 301 g/mol. The molecule has 1 aliphatic carbocycles. The maximum absolute atomic E-state index is 13.1. The van der Waals surface area contributed by atoms with Gasteiger partial charge >= 0.3 is 6.18 Å². The second kappa shape index (κ2) is 6.13. The van der Waals surface area contributed by atoms with Gasteiger partial charge in [-0.3, -0.25) is 9.78 Å². The van der Waals surface area contributed by atoms with E-state index in [0.717, 1.165) is 37.7 Å². The Morgan fingerprint density at radius 2 is 2.00 bits per heavy atom. The maximum Gasteiger partial charge on any atom is 0.417 e. The summed E-state index contributed by atoms with van der Waals surface area (Å²) in [6.07, 6.45) is 0.948. The third kappa shape index (κ3) is 3.26. The Bertz CT molecular complexity index is 502. The minimum Gasteiger partial charge on any atom is -0.367 e. The molecule has 6 heteroatoms. The molecule has 0 spiro atoms. The first-order valence-corrected chi connectivity index (χ1v) is 7.11. The van der Waals surface area contributed by atoms with Crippen molar-refractivity contribution in [3.63, 3.8) is 0 Å². The van der Waals surface area contributed by atoms with Crippen LogP contribution >= 0.6 is 0 Å². The van der Waals surface area contributed by atoms with Gasteiger partial charge in [-0.25, -0.2) is 0 Å². The van der Waals surface area contributed by atoms with Gasteiger partial charge in [0, 0.05) is 19.0 Å². The van der Waals surface area contributed by atoms with Gasteiger partial charge in [-0.1, -0.05) is 19.3 Å². The summed E-state index contributed by atoms with van der Waals surface area (Å²) >= 11 is 0. The first-order valence-electron chi connectivity index (χ1n) is 7.11. The molecule has 1 heterocycles. The monoisotopic (exact) mass is 301 g/mol. The number of ether oxygens (including phenoxy) is 1. The fraction of sp³-hybridized carbons (Fsp3) is 0.600. The smallest absolute Gasteiger partial charge is 0.367 e. The van der Waals surface area contributed by atoms with Gasteiger partial charge in [0.25, 0.3) is 0 Å². The van der Waals surface area contributed by atoms with Gasteiger partial charge in [0.1, 0.15) is 5.60 Å². The number of ketones is 1. The third-order valence-electron chi connectivity index (χ3n) is 3.87. The van der Waals surface area contributed by atoms with Crippen molar-refractivity contribution < 1.29 is 22.7 Å². The Morgan fingerprint density at radius 1 is 1.33 bits per heavy atom. The molecule has 1 aliphatic rings. The second-order valence-electron chi connectivity index (χ2n) is 5.24. The van der Waals surface area contributed by atoms with E-state index in [2.05, 4.69) is 4.98 Å². The van der Waals surface area contributed by atoms with Crippen molar-refractivity contribution in [3.05, 3.63) is 29.6 Å². The van der Waals surface area contributed by atoms with E-state index >= 15 is 0 Å². The predicted octanol–water partition coefficient (Wildman–Crippen LogP) is 4.02. The minimum absolute atomic E-state index is 0.299. The van der Waals surface area contributed by atoms with Gasteiger partial charge in [0.05, 0.1) is 11.1 Å². The standard InChI is InChI=1S/C15H18F3NO2/c1-2-21-14(7-4-3-5-8-14)13(20)11-10-19-9-6-12(11)15(16,17)18/h6,9-10H,2-5,7-8H2,1H3. The molecule has 1 aromatic heterocycles. The highest BCUT2D eigenvalue weighted by Gasteiger charge is 2.44. The zero-order chi connectivity index (χ0) is 15.5. The van der Waals surface area contributed by atoms with E-state index in [9.17, 15) is 18.0 Å². The number of nitrogens with zero attached hydrogens (tertiary/aromatic N) is 1. The number of hydrogen-bond acceptors (Lipinski definition) is 3. The molecular weight excluding hydrogens is 283 g/mol. The van der Waals surface area contributed by atoms with Gasteiger partial charge in [-0.2, -0.15) is 13.2 Å². The summed E-state index contributed by atoms with van der Waals surface area (Å²) in [5.74, 6) is -0.593. The van der Waals surface area contributed by atoms with Gasteiger partial charge in [-0.15, -0.1) is 0 Å². The van der Waals surface area contributed by atoms with Gasteiger partial charge in [0.15, 0.2) is 5.78 Å². The Labute approximate surface area is 121 Å². The molecule has 2 rings (SSSR count). The summed E-state index contributed by atoms with van der Waals surface area (Å²) < 4.78 is 44.8. The van der Waals surface area contributed by atoms with Crippen molar-refractivity contribution in [1.29, 1.82) is 0 Å². The quantitative estimate of drug-likeness (QED) is 0.788. The second-order valence-corrected chi connectivity index (χ2v) is 5.24. The summed E-state index contributed by atoms with van der Waals surface area (Å²) in [5.41, 5.74) is -2.46. The Kier molecular flexibility index (Phi) is 4.66. The van der Waals surface area contributed by atoms with Crippen LogP contribution in [0.2, 0.25) is 0 Å². The zero-order valence-corrected chi connectivity index (χ0v) is 11.9. The van der Waals surface area contributed by atoms with Crippen molar-refractivity contribution in [2.24, 2.45) is 0 Å². The van der Waals surface area contributed by atoms with Crippen LogP contribution in [-0.2, 0) is 10.9 Å². The van der Waals surface area contributed by atoms with Gasteiger partial charge < -0.3 is 4.74 Å². The van der Waals surface area contributed by atoms with Gasteiger partial charge in [0.2, 0.25) is 0 Å². The van der Waals surface area contributed by atoms with E-state index in [4.69, 9.17) is 4.74 Å². The fourth-order valence-electron chi connectivity index (χ4n) is 2.90. The Hall–Kier alpha value is -1.43. The molecule has 116 valence electrons. The number of carbonyl (C=O) groups excluding carboxylic acids is 1.